The third-order valence-electron chi connectivity index (χ3n) is 5.10. The maximum atomic E-state index is 13.6. The van der Waals surface area contributed by atoms with Gasteiger partial charge in [-0.05, 0) is 24.3 Å². The second-order valence-electron chi connectivity index (χ2n) is 7.00. The quantitative estimate of drug-likeness (QED) is 0.483. The minimum absolute atomic E-state index is 0.00242. The van der Waals surface area contributed by atoms with E-state index in [4.69, 9.17) is 14.6 Å². The molecule has 2 aliphatic heterocycles. The number of fused-ring (bicyclic) bond motifs is 2. The van der Waals surface area contributed by atoms with Gasteiger partial charge in [0, 0.05) is 38.6 Å². The lowest BCUT2D eigenvalue weighted by Crippen LogP contribution is -2.43. The maximum absolute atomic E-state index is 13.6. The predicted molar refractivity (Wildman–Crippen MR) is 117 cm³/mol. The SMILES string of the molecule is O=C1COc2c(cccc2S(=O)(=O)n2cc(N3CCNCC3)c3ncccc32)N1.O=CO. The van der Waals surface area contributed by atoms with Crippen LogP contribution in [0.3, 0.4) is 0 Å². The molecule has 12 heteroatoms. The number of aromatic nitrogens is 2. The van der Waals surface area contributed by atoms with Crippen molar-refractivity contribution in [1.82, 2.24) is 14.3 Å². The predicted octanol–water partition coefficient (Wildman–Crippen LogP) is 0.715. The Bertz CT molecular complexity index is 1270. The van der Waals surface area contributed by atoms with Crippen molar-refractivity contribution in [1.29, 1.82) is 0 Å². The van der Waals surface area contributed by atoms with E-state index < -0.39 is 10.0 Å². The fourth-order valence-corrected chi connectivity index (χ4v) is 5.26. The summed E-state index contributed by atoms with van der Waals surface area (Å²) in [5.74, 6) is -0.162. The summed E-state index contributed by atoms with van der Waals surface area (Å²) < 4.78 is 33.9. The first kappa shape index (κ1) is 21.6. The summed E-state index contributed by atoms with van der Waals surface area (Å²) in [6, 6.07) is 8.14. The van der Waals surface area contributed by atoms with Crippen LogP contribution >= 0.6 is 0 Å². The molecule has 0 spiro atoms. The summed E-state index contributed by atoms with van der Waals surface area (Å²) >= 11 is 0. The van der Waals surface area contributed by atoms with Crippen LogP contribution in [-0.4, -0.2) is 67.6 Å². The Morgan fingerprint density at radius 1 is 1.16 bits per heavy atom. The zero-order chi connectivity index (χ0) is 22.7. The van der Waals surface area contributed by atoms with E-state index in [0.717, 1.165) is 31.9 Å². The number of benzene rings is 1. The number of ether oxygens (including phenoxy) is 1. The number of para-hydroxylation sites is 1. The van der Waals surface area contributed by atoms with Crippen molar-refractivity contribution in [3.63, 3.8) is 0 Å². The molecule has 0 bridgehead atoms. The Hall–Kier alpha value is -3.64. The van der Waals surface area contributed by atoms with Gasteiger partial charge in [0.1, 0.15) is 10.4 Å². The van der Waals surface area contributed by atoms with Crippen LogP contribution in [0.25, 0.3) is 11.0 Å². The first-order valence-electron chi connectivity index (χ1n) is 9.78. The van der Waals surface area contributed by atoms with Gasteiger partial charge in [0.25, 0.3) is 22.4 Å². The van der Waals surface area contributed by atoms with Crippen molar-refractivity contribution < 1.29 is 27.9 Å². The van der Waals surface area contributed by atoms with Gasteiger partial charge in [-0.3, -0.25) is 14.6 Å². The monoisotopic (exact) mass is 459 g/mol. The van der Waals surface area contributed by atoms with Crippen molar-refractivity contribution >= 4 is 44.8 Å². The van der Waals surface area contributed by atoms with Crippen LogP contribution in [0.2, 0.25) is 0 Å². The molecule has 1 fully saturated rings. The van der Waals surface area contributed by atoms with E-state index in [1.807, 2.05) is 0 Å². The topological polar surface area (TPSA) is 143 Å². The number of amides is 1. The second kappa shape index (κ2) is 8.85. The van der Waals surface area contributed by atoms with Gasteiger partial charge in [0.2, 0.25) is 0 Å². The largest absolute Gasteiger partial charge is 0.483 e. The Balaban J connectivity index is 0.000000775. The third-order valence-corrected chi connectivity index (χ3v) is 6.80. The number of rotatable bonds is 3. The molecule has 1 saturated heterocycles. The summed E-state index contributed by atoms with van der Waals surface area (Å²) in [4.78, 5) is 26.5. The van der Waals surface area contributed by atoms with Gasteiger partial charge >= 0.3 is 0 Å². The average Bonchev–Trinajstić information content (AvgIpc) is 3.20. The molecule has 4 heterocycles. The second-order valence-corrected chi connectivity index (χ2v) is 8.78. The van der Waals surface area contributed by atoms with Crippen molar-refractivity contribution in [2.45, 2.75) is 4.90 Å². The molecule has 1 aromatic carbocycles. The van der Waals surface area contributed by atoms with Crippen LogP contribution in [0.5, 0.6) is 5.75 Å². The van der Waals surface area contributed by atoms with Crippen molar-refractivity contribution in [2.75, 3.05) is 43.0 Å². The third kappa shape index (κ3) is 3.85. The number of hydrogen-bond acceptors (Lipinski definition) is 8. The number of carbonyl (C=O) groups is 2. The van der Waals surface area contributed by atoms with Gasteiger partial charge < -0.3 is 25.4 Å². The zero-order valence-electron chi connectivity index (χ0n) is 16.9. The van der Waals surface area contributed by atoms with E-state index in [9.17, 15) is 13.2 Å². The Kier molecular flexibility index (Phi) is 5.97. The molecule has 5 rings (SSSR count). The molecule has 0 radical (unpaired) electrons. The molecule has 0 atom stereocenters. The van der Waals surface area contributed by atoms with E-state index in [1.165, 1.54) is 10.0 Å². The van der Waals surface area contributed by atoms with Crippen molar-refractivity contribution in [3.05, 3.63) is 42.7 Å². The van der Waals surface area contributed by atoms with E-state index in [-0.39, 0.29) is 29.6 Å². The minimum atomic E-state index is -3.98. The van der Waals surface area contributed by atoms with Crippen LogP contribution in [-0.2, 0) is 19.6 Å². The van der Waals surface area contributed by atoms with E-state index in [1.54, 1.807) is 36.7 Å². The summed E-state index contributed by atoms with van der Waals surface area (Å²) in [7, 11) is -3.98. The van der Waals surface area contributed by atoms with Gasteiger partial charge in [-0.1, -0.05) is 6.07 Å². The lowest BCUT2D eigenvalue weighted by atomic mass is 10.2. The summed E-state index contributed by atoms with van der Waals surface area (Å²) in [6.07, 6.45) is 3.28. The average molecular weight is 459 g/mol. The highest BCUT2D eigenvalue weighted by Gasteiger charge is 2.30. The molecule has 32 heavy (non-hydrogen) atoms. The maximum Gasteiger partial charge on any atom is 0.290 e. The minimum Gasteiger partial charge on any atom is -0.483 e. The lowest BCUT2D eigenvalue weighted by molar-refractivity contribution is -0.123. The van der Waals surface area contributed by atoms with Crippen LogP contribution in [0.4, 0.5) is 11.4 Å². The Morgan fingerprint density at radius 3 is 2.66 bits per heavy atom. The van der Waals surface area contributed by atoms with E-state index in [0.29, 0.717) is 16.7 Å². The number of hydrogen-bond donors (Lipinski definition) is 3. The van der Waals surface area contributed by atoms with Crippen LogP contribution < -0.4 is 20.3 Å². The number of piperazine rings is 1. The lowest BCUT2D eigenvalue weighted by Gasteiger charge is -2.28. The van der Waals surface area contributed by atoms with Gasteiger partial charge in [0.05, 0.1) is 16.9 Å². The number of nitrogens with zero attached hydrogens (tertiary/aromatic N) is 3. The molecule has 1 amide bonds. The summed E-state index contributed by atoms with van der Waals surface area (Å²) in [5.41, 5.74) is 2.26. The fourth-order valence-electron chi connectivity index (χ4n) is 3.75. The fraction of sp³-hybridized carbons (Fsp3) is 0.250. The molecule has 0 aliphatic carbocycles. The highest BCUT2D eigenvalue weighted by atomic mass is 32.2. The highest BCUT2D eigenvalue weighted by Crippen LogP contribution is 2.38. The molecule has 3 N–H and O–H groups in total. The Morgan fingerprint density at radius 2 is 1.91 bits per heavy atom. The molecule has 2 aromatic heterocycles. The molecule has 2 aliphatic rings. The first-order valence-corrected chi connectivity index (χ1v) is 11.2. The summed E-state index contributed by atoms with van der Waals surface area (Å²) in [6.45, 7) is 2.72. The molecular formula is C20H21N5O6S. The number of carboxylic acid groups (broad SMARTS) is 1. The van der Waals surface area contributed by atoms with Crippen LogP contribution in [0.1, 0.15) is 0 Å². The van der Waals surface area contributed by atoms with Gasteiger partial charge in [-0.15, -0.1) is 0 Å². The van der Waals surface area contributed by atoms with Crippen LogP contribution in [0.15, 0.2) is 47.6 Å². The molecule has 0 unspecified atom stereocenters. The first-order chi connectivity index (χ1) is 15.5. The van der Waals surface area contributed by atoms with E-state index >= 15 is 0 Å². The number of pyridine rings is 1. The molecule has 11 nitrogen and oxygen atoms in total. The number of nitrogens with one attached hydrogen (secondary N) is 2. The van der Waals surface area contributed by atoms with Gasteiger partial charge in [-0.25, -0.2) is 12.4 Å². The molecule has 3 aromatic rings. The van der Waals surface area contributed by atoms with Gasteiger partial charge in [0.15, 0.2) is 12.4 Å². The summed E-state index contributed by atoms with van der Waals surface area (Å²) in [5, 5.41) is 12.8. The standard InChI is InChI=1S/C19H19N5O4S.CH2O2/c25-17-12-28-19-13(22-17)3-1-5-16(19)29(26,27)24-11-15(23-9-7-20-8-10-23)18-14(24)4-2-6-21-18;2-1-3/h1-6,11,20H,7-10,12H2,(H,22,25);1H,(H,2,3). The molecule has 168 valence electrons. The zero-order valence-corrected chi connectivity index (χ0v) is 17.7. The van der Waals surface area contributed by atoms with Crippen LogP contribution in [0, 0.1) is 0 Å². The van der Waals surface area contributed by atoms with Gasteiger partial charge in [-0.2, -0.15) is 0 Å². The Labute approximate surface area is 183 Å². The number of carbonyl (C=O) groups excluding carboxylic acids is 1. The van der Waals surface area contributed by atoms with Crippen molar-refractivity contribution in [3.8, 4) is 5.75 Å². The molecule has 0 saturated carbocycles. The normalized spacial score (nSPS) is 15.8. The smallest absolute Gasteiger partial charge is 0.290 e. The van der Waals surface area contributed by atoms with E-state index in [2.05, 4.69) is 20.5 Å². The van der Waals surface area contributed by atoms with Crippen molar-refractivity contribution in [2.24, 2.45) is 0 Å². The highest BCUT2D eigenvalue weighted by molar-refractivity contribution is 7.90. The number of anilines is 2. The molecular weight excluding hydrogens is 438 g/mol.